The second-order valence-electron chi connectivity index (χ2n) is 9.01. The Labute approximate surface area is 199 Å². The molecule has 4 aromatic rings. The number of carbonyl (C=O) groups is 1. The van der Waals surface area contributed by atoms with Crippen LogP contribution in [0.4, 0.5) is 10.2 Å². The molecule has 0 fully saturated rings. The molecule has 2 aromatic carbocycles. The van der Waals surface area contributed by atoms with Crippen LogP contribution in [0.5, 0.6) is 0 Å². The average molecular weight is 460 g/mol. The van der Waals surface area contributed by atoms with Gasteiger partial charge in [0.1, 0.15) is 17.3 Å². The van der Waals surface area contributed by atoms with E-state index in [1.54, 1.807) is 18.5 Å². The van der Waals surface area contributed by atoms with Gasteiger partial charge in [0, 0.05) is 23.4 Å². The highest BCUT2D eigenvalue weighted by atomic mass is 19.1. The number of halogens is 1. The summed E-state index contributed by atoms with van der Waals surface area (Å²) in [5, 5.41) is 7.71. The maximum atomic E-state index is 13.5. The normalized spacial score (nSPS) is 11.2. The van der Waals surface area contributed by atoms with Crippen molar-refractivity contribution >= 4 is 11.7 Å². The van der Waals surface area contributed by atoms with Crippen molar-refractivity contribution in [3.8, 4) is 11.3 Å². The van der Waals surface area contributed by atoms with Gasteiger partial charge in [-0.05, 0) is 49.6 Å². The molecule has 0 saturated heterocycles. The zero-order chi connectivity index (χ0) is 24.2. The van der Waals surface area contributed by atoms with Crippen LogP contribution >= 0.6 is 0 Å². The molecule has 0 bridgehead atoms. The molecule has 0 aliphatic rings. The van der Waals surface area contributed by atoms with Gasteiger partial charge in [0.2, 0.25) is 5.91 Å². The minimum Gasteiger partial charge on any atom is -0.312 e. The number of hydrogen-bond acceptors (Lipinski definition) is 3. The van der Waals surface area contributed by atoms with E-state index >= 15 is 0 Å². The minimum atomic E-state index is -0.317. The molecule has 0 unspecified atom stereocenters. The maximum absolute atomic E-state index is 13.5. The number of carbonyl (C=O) groups excluding carboxylic acids is 1. The summed E-state index contributed by atoms with van der Waals surface area (Å²) >= 11 is 0. The highest BCUT2D eigenvalue weighted by Crippen LogP contribution is 2.28. The quantitative estimate of drug-likeness (QED) is 0.384. The Morgan fingerprint density at radius 2 is 1.76 bits per heavy atom. The van der Waals surface area contributed by atoms with Crippen molar-refractivity contribution < 1.29 is 9.18 Å². The van der Waals surface area contributed by atoms with E-state index in [-0.39, 0.29) is 18.1 Å². The summed E-state index contributed by atoms with van der Waals surface area (Å²) in [6, 6.07) is 16.1. The molecular weight excluding hydrogens is 429 g/mol. The number of hydrogen-bond donors (Lipinski definition) is 1. The Morgan fingerprint density at radius 1 is 1.06 bits per heavy atom. The van der Waals surface area contributed by atoms with Gasteiger partial charge in [-0.1, -0.05) is 44.2 Å². The number of amides is 1. The molecule has 0 atom stereocenters. The van der Waals surface area contributed by atoms with Crippen LogP contribution < -0.4 is 5.32 Å². The van der Waals surface area contributed by atoms with Crippen molar-refractivity contribution in [2.45, 2.75) is 47.2 Å². The first kappa shape index (κ1) is 23.4. The van der Waals surface area contributed by atoms with E-state index in [0.717, 1.165) is 34.6 Å². The standard InChI is InChI=1S/C27H30FN5O/c1-18(2)15-33-20(4)24(19(3)31-33)14-25(34)30-27-26(22-10-12-23(28)13-11-22)29-17-32(27)16-21-8-6-5-7-9-21/h5-13,17-18H,14-16H2,1-4H3,(H,30,34). The summed E-state index contributed by atoms with van der Waals surface area (Å²) in [7, 11) is 0. The number of imidazole rings is 1. The van der Waals surface area contributed by atoms with Crippen molar-refractivity contribution in [1.82, 2.24) is 19.3 Å². The largest absolute Gasteiger partial charge is 0.312 e. The smallest absolute Gasteiger partial charge is 0.230 e. The Hall–Kier alpha value is -3.74. The molecule has 0 aliphatic heterocycles. The van der Waals surface area contributed by atoms with Gasteiger partial charge < -0.3 is 9.88 Å². The van der Waals surface area contributed by atoms with Crippen LogP contribution in [0.1, 0.15) is 36.4 Å². The molecule has 4 rings (SSSR count). The lowest BCUT2D eigenvalue weighted by molar-refractivity contribution is -0.115. The van der Waals surface area contributed by atoms with E-state index in [2.05, 4.69) is 29.2 Å². The number of nitrogens with one attached hydrogen (secondary N) is 1. The molecular formula is C27H30FN5O. The number of anilines is 1. The van der Waals surface area contributed by atoms with Crippen LogP contribution in [-0.4, -0.2) is 25.2 Å². The predicted molar refractivity (Wildman–Crippen MR) is 132 cm³/mol. The summed E-state index contributed by atoms with van der Waals surface area (Å²) < 4.78 is 17.4. The van der Waals surface area contributed by atoms with Crippen molar-refractivity contribution in [1.29, 1.82) is 0 Å². The fraction of sp³-hybridized carbons (Fsp3) is 0.296. The fourth-order valence-electron chi connectivity index (χ4n) is 4.08. The Balaban J connectivity index is 1.63. The molecule has 0 saturated carbocycles. The Morgan fingerprint density at radius 3 is 2.44 bits per heavy atom. The zero-order valence-corrected chi connectivity index (χ0v) is 20.0. The van der Waals surface area contributed by atoms with Crippen molar-refractivity contribution in [3.05, 3.63) is 89.3 Å². The third-order valence-electron chi connectivity index (χ3n) is 5.82. The number of nitrogens with zero attached hydrogens (tertiary/aromatic N) is 4. The second kappa shape index (κ2) is 10.0. The lowest BCUT2D eigenvalue weighted by atomic mass is 10.1. The lowest BCUT2D eigenvalue weighted by Gasteiger charge is -2.13. The monoisotopic (exact) mass is 459 g/mol. The van der Waals surface area contributed by atoms with Gasteiger partial charge >= 0.3 is 0 Å². The van der Waals surface area contributed by atoms with Gasteiger partial charge in [0.05, 0.1) is 25.0 Å². The third kappa shape index (κ3) is 5.25. The van der Waals surface area contributed by atoms with E-state index < -0.39 is 0 Å². The van der Waals surface area contributed by atoms with Gasteiger partial charge in [-0.3, -0.25) is 9.48 Å². The Kier molecular flexibility index (Phi) is 6.91. The predicted octanol–water partition coefficient (Wildman–Crippen LogP) is 5.39. The minimum absolute atomic E-state index is 0.145. The van der Waals surface area contributed by atoms with Gasteiger partial charge in [0.25, 0.3) is 0 Å². The van der Waals surface area contributed by atoms with Crippen LogP contribution in [0, 0.1) is 25.6 Å². The first-order chi connectivity index (χ1) is 16.3. The molecule has 2 aromatic heterocycles. The first-order valence-corrected chi connectivity index (χ1v) is 11.5. The summed E-state index contributed by atoms with van der Waals surface area (Å²) in [6.07, 6.45) is 1.92. The van der Waals surface area contributed by atoms with Crippen LogP contribution in [0.2, 0.25) is 0 Å². The Bertz CT molecular complexity index is 1270. The SMILES string of the molecule is Cc1nn(CC(C)C)c(C)c1CC(=O)Nc1c(-c2ccc(F)cc2)ncn1Cc1ccccc1. The van der Waals surface area contributed by atoms with Gasteiger partial charge in [-0.2, -0.15) is 5.10 Å². The van der Waals surface area contributed by atoms with E-state index in [0.29, 0.717) is 24.0 Å². The average Bonchev–Trinajstić information content (AvgIpc) is 3.30. The molecule has 34 heavy (non-hydrogen) atoms. The zero-order valence-electron chi connectivity index (χ0n) is 20.0. The van der Waals surface area contributed by atoms with Gasteiger partial charge in [-0.15, -0.1) is 0 Å². The summed E-state index contributed by atoms with van der Waals surface area (Å²) in [5.41, 5.74) is 5.25. The molecule has 0 aliphatic carbocycles. The maximum Gasteiger partial charge on any atom is 0.230 e. The molecule has 7 heteroatoms. The van der Waals surface area contributed by atoms with E-state index in [1.807, 2.05) is 53.4 Å². The van der Waals surface area contributed by atoms with Crippen molar-refractivity contribution in [3.63, 3.8) is 0 Å². The number of aromatic nitrogens is 4. The van der Waals surface area contributed by atoms with Crippen LogP contribution in [0.3, 0.4) is 0 Å². The van der Waals surface area contributed by atoms with Gasteiger partial charge in [0.15, 0.2) is 0 Å². The molecule has 0 spiro atoms. The first-order valence-electron chi connectivity index (χ1n) is 11.5. The highest BCUT2D eigenvalue weighted by molar-refractivity contribution is 5.95. The second-order valence-corrected chi connectivity index (χ2v) is 9.01. The topological polar surface area (TPSA) is 64.7 Å². The lowest BCUT2D eigenvalue weighted by Crippen LogP contribution is -2.19. The molecule has 1 N–H and O–H groups in total. The summed E-state index contributed by atoms with van der Waals surface area (Å²) in [5.74, 6) is 0.589. The summed E-state index contributed by atoms with van der Waals surface area (Å²) in [4.78, 5) is 17.8. The van der Waals surface area contributed by atoms with E-state index in [1.165, 1.54) is 12.1 Å². The molecule has 6 nitrogen and oxygen atoms in total. The third-order valence-corrected chi connectivity index (χ3v) is 5.82. The van der Waals surface area contributed by atoms with E-state index in [4.69, 9.17) is 0 Å². The van der Waals surface area contributed by atoms with Crippen LogP contribution in [0.25, 0.3) is 11.3 Å². The number of benzene rings is 2. The molecule has 0 radical (unpaired) electrons. The van der Waals surface area contributed by atoms with Gasteiger partial charge in [-0.25, -0.2) is 9.37 Å². The number of rotatable bonds is 8. The van der Waals surface area contributed by atoms with Crippen LogP contribution in [0.15, 0.2) is 60.9 Å². The van der Waals surface area contributed by atoms with Crippen molar-refractivity contribution in [2.75, 3.05) is 5.32 Å². The highest BCUT2D eigenvalue weighted by Gasteiger charge is 2.20. The van der Waals surface area contributed by atoms with E-state index in [9.17, 15) is 9.18 Å². The summed E-state index contributed by atoms with van der Waals surface area (Å²) in [6.45, 7) is 9.61. The fourth-order valence-corrected chi connectivity index (χ4v) is 4.08. The molecule has 2 heterocycles. The molecule has 1 amide bonds. The molecule has 176 valence electrons. The number of aryl methyl sites for hydroxylation is 1. The van der Waals surface area contributed by atoms with Crippen LogP contribution in [-0.2, 0) is 24.3 Å². The van der Waals surface area contributed by atoms with Crippen molar-refractivity contribution in [2.24, 2.45) is 5.92 Å².